The van der Waals surface area contributed by atoms with E-state index in [1.54, 1.807) is 12.1 Å². The minimum absolute atomic E-state index is 0. The van der Waals surface area contributed by atoms with E-state index in [0.29, 0.717) is 5.56 Å². The van der Waals surface area contributed by atoms with E-state index >= 15 is 0 Å². The van der Waals surface area contributed by atoms with Crippen LogP contribution >= 0.6 is 0 Å². The molecule has 0 N–H and O–H groups in total. The molecule has 1 radical (unpaired) electrons. The Morgan fingerprint density at radius 1 is 0.662 bits per heavy atom. The molecule has 5 nitrogen and oxygen atoms in total. The number of fused-ring (bicyclic) bond motifs is 4. The summed E-state index contributed by atoms with van der Waals surface area (Å²) in [4.78, 5) is 15.0. The quantitative estimate of drug-likeness (QED) is 0.112. The number of hydrogen-bond donors (Lipinski definition) is 0. The first-order chi connectivity index (χ1) is 33.3. The predicted molar refractivity (Wildman–Crippen MR) is 285 cm³/mol. The molecule has 4 heterocycles. The first-order valence-corrected chi connectivity index (χ1v) is 26.8. The standard InChI is InChI=1S/C46H42N3O.C15H18NSi.Ir/c1-26(2)39-23-35(32-13-10-9-11-14-32)24-40(27(3)4)44(39)49-43-31(8)47-30(7)29(6)42(43)48-46(49)38-16-12-15-37-36-22-21-34(25-41(36)50-45(37)38)33-19-17-28(5)18-20-33;1-12-5-7-13(8-6-12)15-10-9-14(11-16-15)17(2,3)4;/h9-15,17-27H,1-8H3;5-7,9-11H,1-4H3;/q2*-1;/i;1D3;. The van der Waals surface area contributed by atoms with E-state index in [1.165, 1.54) is 50.3 Å². The van der Waals surface area contributed by atoms with Gasteiger partial charge in [0.2, 0.25) is 0 Å². The van der Waals surface area contributed by atoms with Crippen molar-refractivity contribution in [1.82, 2.24) is 19.5 Å². The number of imidazole rings is 1. The van der Waals surface area contributed by atoms with Crippen LogP contribution in [0.1, 0.15) is 82.8 Å². The molecule has 6 aromatic carbocycles. The van der Waals surface area contributed by atoms with Gasteiger partial charge in [0.15, 0.2) is 0 Å². The summed E-state index contributed by atoms with van der Waals surface area (Å²) in [5.74, 6) is 1.32. The molecule has 345 valence electrons. The average Bonchev–Trinajstić information content (AvgIpc) is 3.93. The van der Waals surface area contributed by atoms with Crippen molar-refractivity contribution in [2.24, 2.45) is 0 Å². The monoisotopic (exact) mass is 1090 g/mol. The molecule has 0 saturated carbocycles. The van der Waals surface area contributed by atoms with Gasteiger partial charge in [0.05, 0.1) is 36.2 Å². The van der Waals surface area contributed by atoms with Gasteiger partial charge in [0.1, 0.15) is 5.58 Å². The van der Waals surface area contributed by atoms with Crippen LogP contribution in [0.2, 0.25) is 19.6 Å². The van der Waals surface area contributed by atoms with Gasteiger partial charge in [-0.05, 0) is 108 Å². The summed E-state index contributed by atoms with van der Waals surface area (Å²) in [7, 11) is -1.34. The zero-order valence-electron chi connectivity index (χ0n) is 43.9. The van der Waals surface area contributed by atoms with Crippen molar-refractivity contribution < 1.29 is 28.6 Å². The Labute approximate surface area is 421 Å². The fourth-order valence-corrected chi connectivity index (χ4v) is 10.0. The summed E-state index contributed by atoms with van der Waals surface area (Å²) in [6, 6.07) is 50.3. The van der Waals surface area contributed by atoms with Crippen LogP contribution in [-0.2, 0) is 20.1 Å². The maximum atomic E-state index is 7.35. The van der Waals surface area contributed by atoms with E-state index in [0.717, 1.165) is 78.1 Å². The van der Waals surface area contributed by atoms with Crippen LogP contribution in [0.3, 0.4) is 0 Å². The molecule has 4 aromatic heterocycles. The topological polar surface area (TPSA) is 56.7 Å². The molecule has 0 atom stereocenters. The van der Waals surface area contributed by atoms with Crippen LogP contribution in [0.15, 0.2) is 138 Å². The second-order valence-electron chi connectivity index (χ2n) is 19.5. The van der Waals surface area contributed by atoms with Crippen molar-refractivity contribution in [3.05, 3.63) is 185 Å². The number of pyridine rings is 2. The number of furan rings is 1. The largest absolute Gasteiger partial charge is 0.501 e. The molecule has 10 aromatic rings. The SMILES string of the molecule is Cc1ccc(-c2ccc3c(c2)oc2c(-c4nc5c(C)c(C)nc(C)c5n4-c4c(C(C)C)cc(-c5ccccc5)cc4C(C)C)[c-]ccc23)cc1.[2H]C([2H])([2H])c1c[c-]c(-c2ccc([Si](C)(C)C)cn2)cc1.[Ir]. The summed E-state index contributed by atoms with van der Waals surface area (Å²) in [6.45, 7) is 22.3. The number of nitrogens with zero attached hydrogens (tertiary/aromatic N) is 4. The second kappa shape index (κ2) is 19.4. The zero-order valence-corrected chi connectivity index (χ0v) is 44.3. The third-order valence-corrected chi connectivity index (χ3v) is 15.0. The Morgan fingerprint density at radius 3 is 1.96 bits per heavy atom. The molecule has 0 unspecified atom stereocenters. The smallest absolute Gasteiger partial charge is 0.121 e. The number of rotatable bonds is 8. The van der Waals surface area contributed by atoms with Crippen molar-refractivity contribution in [3.8, 4) is 50.6 Å². The molecular formula is C61H60IrN4OSi-2. The molecular weight excluding hydrogens is 1030 g/mol. The van der Waals surface area contributed by atoms with Gasteiger partial charge >= 0.3 is 0 Å². The van der Waals surface area contributed by atoms with Crippen molar-refractivity contribution in [1.29, 1.82) is 0 Å². The summed E-state index contributed by atoms with van der Waals surface area (Å²) < 4.78 is 31.2. The van der Waals surface area contributed by atoms with Crippen molar-refractivity contribution in [2.45, 2.75) is 93.7 Å². The van der Waals surface area contributed by atoms with E-state index in [2.05, 4.69) is 194 Å². The van der Waals surface area contributed by atoms with Gasteiger partial charge in [-0.15, -0.1) is 53.6 Å². The van der Waals surface area contributed by atoms with Crippen LogP contribution in [0.4, 0.5) is 0 Å². The van der Waals surface area contributed by atoms with Gasteiger partial charge < -0.3 is 14.0 Å². The van der Waals surface area contributed by atoms with Crippen molar-refractivity contribution in [3.63, 3.8) is 0 Å². The Bertz CT molecular complexity index is 3450. The number of benzene rings is 6. The molecule has 0 spiro atoms. The summed E-state index contributed by atoms with van der Waals surface area (Å²) >= 11 is 0. The van der Waals surface area contributed by atoms with E-state index in [-0.39, 0.29) is 31.9 Å². The summed E-state index contributed by atoms with van der Waals surface area (Å²) in [5, 5.41) is 3.44. The van der Waals surface area contributed by atoms with Gasteiger partial charge in [-0.3, -0.25) is 9.97 Å². The molecule has 0 aliphatic rings. The molecule has 10 rings (SSSR count). The molecule has 0 saturated heterocycles. The Morgan fingerprint density at radius 2 is 1.34 bits per heavy atom. The summed E-state index contributed by atoms with van der Waals surface area (Å²) in [5.41, 5.74) is 19.2. The summed E-state index contributed by atoms with van der Waals surface area (Å²) in [6.07, 6.45) is 1.92. The second-order valence-corrected chi connectivity index (χ2v) is 24.6. The first kappa shape index (κ1) is 44.3. The van der Waals surface area contributed by atoms with Crippen LogP contribution < -0.4 is 5.19 Å². The van der Waals surface area contributed by atoms with Gasteiger partial charge in [-0.2, -0.15) is 0 Å². The van der Waals surface area contributed by atoms with Gasteiger partial charge in [-0.25, -0.2) is 0 Å². The third kappa shape index (κ3) is 9.32. The number of aromatic nitrogens is 4. The normalized spacial score (nSPS) is 12.5. The molecule has 0 aliphatic carbocycles. The van der Waals surface area contributed by atoms with Gasteiger partial charge in [0, 0.05) is 47.2 Å². The minimum atomic E-state index is -2.08. The molecule has 0 aliphatic heterocycles. The molecule has 7 heteroatoms. The van der Waals surface area contributed by atoms with Crippen molar-refractivity contribution in [2.75, 3.05) is 0 Å². The molecule has 0 bridgehead atoms. The van der Waals surface area contributed by atoms with E-state index in [1.807, 2.05) is 18.3 Å². The Kier molecular flexibility index (Phi) is 12.6. The molecule has 0 amide bonds. The van der Waals surface area contributed by atoms with Gasteiger partial charge in [-0.1, -0.05) is 150 Å². The van der Waals surface area contributed by atoms with E-state index in [9.17, 15) is 0 Å². The average molecular weight is 1090 g/mol. The first-order valence-electron chi connectivity index (χ1n) is 24.8. The van der Waals surface area contributed by atoms with Crippen LogP contribution in [-0.4, -0.2) is 27.6 Å². The third-order valence-electron chi connectivity index (χ3n) is 13.0. The minimum Gasteiger partial charge on any atom is -0.501 e. The van der Waals surface area contributed by atoms with E-state index in [4.69, 9.17) is 18.5 Å². The van der Waals surface area contributed by atoms with Gasteiger partial charge in [0.25, 0.3) is 0 Å². The fourth-order valence-electron chi connectivity index (χ4n) is 8.99. The molecule has 68 heavy (non-hydrogen) atoms. The number of aryl methyl sites for hydroxylation is 5. The van der Waals surface area contributed by atoms with Crippen LogP contribution in [0.25, 0.3) is 83.6 Å². The number of hydrogen-bond acceptors (Lipinski definition) is 4. The fraction of sp³-hybridized carbons (Fsp3) is 0.230. The molecule has 0 fully saturated rings. The maximum Gasteiger partial charge on any atom is 0.121 e. The predicted octanol–water partition coefficient (Wildman–Crippen LogP) is 16.0. The van der Waals surface area contributed by atoms with Crippen LogP contribution in [0, 0.1) is 46.7 Å². The Hall–Kier alpha value is -6.24. The van der Waals surface area contributed by atoms with Crippen molar-refractivity contribution >= 4 is 46.2 Å². The van der Waals surface area contributed by atoms with E-state index < -0.39 is 14.9 Å². The zero-order chi connectivity index (χ0) is 49.8. The maximum absolute atomic E-state index is 7.35. The Balaban J connectivity index is 0.000000271. The van der Waals surface area contributed by atoms with Crippen LogP contribution in [0.5, 0.6) is 0 Å².